The van der Waals surface area contributed by atoms with Crippen LogP contribution in [0.3, 0.4) is 0 Å². The summed E-state index contributed by atoms with van der Waals surface area (Å²) in [7, 11) is -2.66. The van der Waals surface area contributed by atoms with Crippen molar-refractivity contribution in [3.05, 3.63) is 53.3 Å². The van der Waals surface area contributed by atoms with Crippen LogP contribution in [0.2, 0.25) is 0 Å². The Hall–Kier alpha value is -2.66. The predicted molar refractivity (Wildman–Crippen MR) is 97.5 cm³/mol. The minimum Gasteiger partial charge on any atom is -0.496 e. The lowest BCUT2D eigenvalue weighted by Gasteiger charge is -2.16. The van der Waals surface area contributed by atoms with Crippen LogP contribution in [0.5, 0.6) is 5.75 Å². The molecule has 1 amide bonds. The number of methoxy groups -OCH3 is 1. The zero-order valence-electron chi connectivity index (χ0n) is 15.6. The number of carbonyl (C=O) groups excluding carboxylic acids is 1. The molecular weight excluding hydrogens is 416 g/mol. The minimum atomic E-state index is -4.94. The lowest BCUT2D eigenvalue weighted by Crippen LogP contribution is -2.41. The van der Waals surface area contributed by atoms with Crippen LogP contribution in [0, 0.1) is 12.7 Å². The Morgan fingerprint density at radius 2 is 1.79 bits per heavy atom. The van der Waals surface area contributed by atoms with E-state index in [9.17, 15) is 30.8 Å². The molecule has 0 radical (unpaired) electrons. The number of halogens is 4. The molecule has 2 N–H and O–H groups in total. The van der Waals surface area contributed by atoms with Gasteiger partial charge in [-0.15, -0.1) is 0 Å². The van der Waals surface area contributed by atoms with Crippen LogP contribution in [0.4, 0.5) is 23.2 Å². The van der Waals surface area contributed by atoms with Gasteiger partial charge in [0, 0.05) is 5.69 Å². The fourth-order valence-electron chi connectivity index (χ4n) is 2.44. The SMILES string of the molecule is COc1ccc(S(=O)(=O)N[C@@H](C)C(=O)Nc2ccc(F)c(C(F)(F)F)c2)cc1C. The average Bonchev–Trinajstić information content (AvgIpc) is 2.61. The maximum absolute atomic E-state index is 13.3. The Morgan fingerprint density at radius 1 is 1.14 bits per heavy atom. The normalized spacial score (nSPS) is 13.1. The lowest BCUT2D eigenvalue weighted by molar-refractivity contribution is -0.140. The van der Waals surface area contributed by atoms with Gasteiger partial charge in [0.25, 0.3) is 0 Å². The first kappa shape index (κ1) is 22.6. The van der Waals surface area contributed by atoms with Crippen molar-refractivity contribution in [2.75, 3.05) is 12.4 Å². The molecule has 2 rings (SSSR count). The summed E-state index contributed by atoms with van der Waals surface area (Å²) in [5.41, 5.74) is -1.31. The van der Waals surface area contributed by atoms with E-state index in [1.807, 2.05) is 0 Å². The number of rotatable bonds is 6. The highest BCUT2D eigenvalue weighted by Crippen LogP contribution is 2.33. The van der Waals surface area contributed by atoms with Crippen molar-refractivity contribution in [2.45, 2.75) is 31.0 Å². The number of ether oxygens (including phenoxy) is 1. The summed E-state index contributed by atoms with van der Waals surface area (Å²) in [4.78, 5) is 12.1. The summed E-state index contributed by atoms with van der Waals surface area (Å²) in [6.07, 6.45) is -4.94. The van der Waals surface area contributed by atoms with E-state index in [2.05, 4.69) is 10.0 Å². The van der Waals surface area contributed by atoms with E-state index in [4.69, 9.17) is 4.74 Å². The van der Waals surface area contributed by atoms with E-state index in [1.165, 1.54) is 32.2 Å². The first-order valence-corrected chi connectivity index (χ1v) is 9.68. The second-order valence-electron chi connectivity index (χ2n) is 6.16. The quantitative estimate of drug-likeness (QED) is 0.682. The molecule has 2 aromatic rings. The van der Waals surface area contributed by atoms with Crippen LogP contribution in [0.1, 0.15) is 18.1 Å². The highest BCUT2D eigenvalue weighted by molar-refractivity contribution is 7.89. The molecule has 158 valence electrons. The first-order chi connectivity index (χ1) is 13.3. The van der Waals surface area contributed by atoms with Gasteiger partial charge in [-0.05, 0) is 55.8 Å². The van der Waals surface area contributed by atoms with Crippen LogP contribution in [-0.4, -0.2) is 27.5 Å². The van der Waals surface area contributed by atoms with Gasteiger partial charge in [0.2, 0.25) is 15.9 Å². The third-order valence-electron chi connectivity index (χ3n) is 3.94. The highest BCUT2D eigenvalue weighted by Gasteiger charge is 2.34. The molecule has 0 heterocycles. The van der Waals surface area contributed by atoms with Crippen LogP contribution < -0.4 is 14.8 Å². The molecule has 0 saturated heterocycles. The number of alkyl halides is 3. The van der Waals surface area contributed by atoms with Crippen LogP contribution in [-0.2, 0) is 21.0 Å². The van der Waals surface area contributed by atoms with Crippen LogP contribution >= 0.6 is 0 Å². The molecule has 0 unspecified atom stereocenters. The van der Waals surface area contributed by atoms with E-state index in [0.29, 0.717) is 23.4 Å². The Bertz CT molecular complexity index is 1020. The smallest absolute Gasteiger partial charge is 0.419 e. The number of nitrogens with one attached hydrogen (secondary N) is 2. The number of anilines is 1. The molecule has 0 aromatic heterocycles. The van der Waals surface area contributed by atoms with Gasteiger partial charge >= 0.3 is 6.18 Å². The number of hydrogen-bond donors (Lipinski definition) is 2. The van der Waals surface area contributed by atoms with Gasteiger partial charge in [0.05, 0.1) is 23.6 Å². The zero-order chi connectivity index (χ0) is 22.0. The number of aryl methyl sites for hydroxylation is 1. The molecule has 0 saturated carbocycles. The monoisotopic (exact) mass is 434 g/mol. The van der Waals surface area contributed by atoms with Crippen molar-refractivity contribution in [1.82, 2.24) is 4.72 Å². The maximum atomic E-state index is 13.3. The molecule has 6 nitrogen and oxygen atoms in total. The fourth-order valence-corrected chi connectivity index (χ4v) is 3.73. The van der Waals surface area contributed by atoms with Crippen molar-refractivity contribution in [2.24, 2.45) is 0 Å². The lowest BCUT2D eigenvalue weighted by atomic mass is 10.1. The van der Waals surface area contributed by atoms with Gasteiger partial charge < -0.3 is 10.1 Å². The molecule has 0 aliphatic rings. The summed E-state index contributed by atoms with van der Waals surface area (Å²) in [6, 6.07) is 4.70. The van der Waals surface area contributed by atoms with Crippen molar-refractivity contribution < 1.29 is 35.5 Å². The number of benzene rings is 2. The summed E-state index contributed by atoms with van der Waals surface area (Å²) in [5, 5.41) is 2.13. The van der Waals surface area contributed by atoms with Crippen LogP contribution in [0.15, 0.2) is 41.3 Å². The Kier molecular flexibility index (Phi) is 6.53. The van der Waals surface area contributed by atoms with E-state index in [0.717, 1.165) is 6.07 Å². The Labute approximate surface area is 164 Å². The summed E-state index contributed by atoms with van der Waals surface area (Å²) >= 11 is 0. The average molecular weight is 434 g/mol. The minimum absolute atomic E-state index is 0.114. The van der Waals surface area contributed by atoms with Gasteiger partial charge in [-0.1, -0.05) is 0 Å². The largest absolute Gasteiger partial charge is 0.496 e. The van der Waals surface area contributed by atoms with Crippen LogP contribution in [0.25, 0.3) is 0 Å². The number of carbonyl (C=O) groups is 1. The number of amides is 1. The van der Waals surface area contributed by atoms with Gasteiger partial charge in [-0.2, -0.15) is 17.9 Å². The topological polar surface area (TPSA) is 84.5 Å². The molecule has 11 heteroatoms. The van der Waals surface area contributed by atoms with Gasteiger partial charge in [0.15, 0.2) is 0 Å². The third-order valence-corrected chi connectivity index (χ3v) is 5.48. The zero-order valence-corrected chi connectivity index (χ0v) is 16.4. The van der Waals surface area contributed by atoms with Crippen molar-refractivity contribution in [3.63, 3.8) is 0 Å². The number of hydrogen-bond acceptors (Lipinski definition) is 4. The van der Waals surface area contributed by atoms with Gasteiger partial charge in [-0.25, -0.2) is 12.8 Å². The first-order valence-electron chi connectivity index (χ1n) is 8.19. The van der Waals surface area contributed by atoms with E-state index in [-0.39, 0.29) is 10.6 Å². The molecule has 0 aliphatic heterocycles. The van der Waals surface area contributed by atoms with Gasteiger partial charge in [0.1, 0.15) is 11.6 Å². The van der Waals surface area contributed by atoms with Crippen molar-refractivity contribution in [1.29, 1.82) is 0 Å². The number of sulfonamides is 1. The molecule has 0 bridgehead atoms. The van der Waals surface area contributed by atoms with Crippen molar-refractivity contribution >= 4 is 21.6 Å². The summed E-state index contributed by atoms with van der Waals surface area (Å²) in [5.74, 6) is -1.93. The highest BCUT2D eigenvalue weighted by atomic mass is 32.2. The Balaban J connectivity index is 2.16. The molecule has 2 aromatic carbocycles. The Morgan fingerprint density at radius 3 is 2.34 bits per heavy atom. The molecule has 0 fully saturated rings. The van der Waals surface area contributed by atoms with E-state index in [1.54, 1.807) is 6.92 Å². The third kappa shape index (κ3) is 5.45. The molecular formula is C18H18F4N2O4S. The second kappa shape index (κ2) is 8.37. The van der Waals surface area contributed by atoms with E-state index < -0.39 is 39.5 Å². The maximum Gasteiger partial charge on any atom is 0.419 e. The van der Waals surface area contributed by atoms with Crippen molar-refractivity contribution in [3.8, 4) is 5.75 Å². The fraction of sp³-hybridized carbons (Fsp3) is 0.278. The molecule has 0 aliphatic carbocycles. The summed E-state index contributed by atoms with van der Waals surface area (Å²) in [6.45, 7) is 2.86. The predicted octanol–water partition coefficient (Wildman–Crippen LogP) is 3.47. The van der Waals surface area contributed by atoms with E-state index >= 15 is 0 Å². The summed E-state index contributed by atoms with van der Waals surface area (Å²) < 4.78 is 83.7. The molecule has 29 heavy (non-hydrogen) atoms. The molecule has 0 spiro atoms. The van der Waals surface area contributed by atoms with Gasteiger partial charge in [-0.3, -0.25) is 4.79 Å². The standard InChI is InChI=1S/C18H18F4N2O4S/c1-10-8-13(5-7-16(10)28-3)29(26,27)24-11(2)17(25)23-12-4-6-15(19)14(9-12)18(20,21)22/h4-9,11,24H,1-3H3,(H,23,25)/t11-/m0/s1. The second-order valence-corrected chi connectivity index (χ2v) is 7.87. The molecule has 1 atom stereocenters.